The van der Waals surface area contributed by atoms with Crippen LogP contribution in [0.1, 0.15) is 56.5 Å². The molecule has 2 N–H and O–H groups in total. The van der Waals surface area contributed by atoms with Gasteiger partial charge < -0.3 is 10.6 Å². The minimum Gasteiger partial charge on any atom is -0.324 e. The predicted molar refractivity (Wildman–Crippen MR) is 131 cm³/mol. The van der Waals surface area contributed by atoms with Gasteiger partial charge in [-0.2, -0.15) is 9.67 Å². The molecule has 34 heavy (non-hydrogen) atoms. The van der Waals surface area contributed by atoms with Gasteiger partial charge in [0.05, 0.1) is 11.7 Å². The Kier molecular flexibility index (Phi) is 4.77. The monoisotopic (exact) mass is 456 g/mol. The zero-order valence-electron chi connectivity index (χ0n) is 19.7. The standard InChI is InChI=1S/C25H28N8O/c1-25(2,3)20-9-11-27-24(30-20)33-21-19(22(34)32(33)18-6-7-18)14-28-23(31-21)29-17-5-4-16-13-26-10-8-15(16)12-17/h4-5,9,11-12,14,18,26H,6-8,10,13H2,1-3H3,(H,28,29,31). The first kappa shape index (κ1) is 21.0. The average molecular weight is 457 g/mol. The molecule has 4 aromatic rings. The molecule has 1 fully saturated rings. The van der Waals surface area contributed by atoms with Crippen molar-refractivity contribution >= 4 is 22.7 Å². The van der Waals surface area contributed by atoms with Crippen molar-refractivity contribution in [3.8, 4) is 5.95 Å². The summed E-state index contributed by atoms with van der Waals surface area (Å²) in [5.74, 6) is 0.896. The fourth-order valence-electron chi connectivity index (χ4n) is 4.45. The summed E-state index contributed by atoms with van der Waals surface area (Å²) in [6.07, 6.45) is 6.27. The zero-order chi connectivity index (χ0) is 23.4. The van der Waals surface area contributed by atoms with Crippen LogP contribution in [-0.4, -0.2) is 35.8 Å². The zero-order valence-corrected chi connectivity index (χ0v) is 19.7. The number of nitrogens with one attached hydrogen (secondary N) is 2. The second-order valence-corrected chi connectivity index (χ2v) is 10.2. The predicted octanol–water partition coefficient (Wildman–Crippen LogP) is 3.39. The summed E-state index contributed by atoms with van der Waals surface area (Å²) in [6, 6.07) is 8.38. The van der Waals surface area contributed by atoms with Crippen LogP contribution in [0.4, 0.5) is 11.6 Å². The van der Waals surface area contributed by atoms with Gasteiger partial charge in [-0.1, -0.05) is 26.8 Å². The molecule has 174 valence electrons. The number of benzene rings is 1. The lowest BCUT2D eigenvalue weighted by atomic mass is 9.92. The summed E-state index contributed by atoms with van der Waals surface area (Å²) in [5, 5.41) is 7.19. The van der Waals surface area contributed by atoms with Gasteiger partial charge >= 0.3 is 0 Å². The second-order valence-electron chi connectivity index (χ2n) is 10.2. The molecule has 1 aliphatic carbocycles. The fourth-order valence-corrected chi connectivity index (χ4v) is 4.45. The van der Waals surface area contributed by atoms with Crippen molar-refractivity contribution in [1.29, 1.82) is 0 Å². The fraction of sp³-hybridized carbons (Fsp3) is 0.400. The summed E-state index contributed by atoms with van der Waals surface area (Å²) in [4.78, 5) is 31.9. The molecule has 9 heteroatoms. The minimum absolute atomic E-state index is 0.102. The first-order valence-electron chi connectivity index (χ1n) is 11.8. The largest absolute Gasteiger partial charge is 0.324 e. The van der Waals surface area contributed by atoms with Gasteiger partial charge in [0.15, 0.2) is 5.65 Å². The third-order valence-corrected chi connectivity index (χ3v) is 6.47. The van der Waals surface area contributed by atoms with Crippen LogP contribution < -0.4 is 16.2 Å². The van der Waals surface area contributed by atoms with Gasteiger partial charge in [-0.25, -0.2) is 19.6 Å². The van der Waals surface area contributed by atoms with Gasteiger partial charge in [-0.05, 0) is 55.1 Å². The van der Waals surface area contributed by atoms with Crippen molar-refractivity contribution in [2.75, 3.05) is 11.9 Å². The van der Waals surface area contributed by atoms with Gasteiger partial charge in [0, 0.05) is 30.0 Å². The highest BCUT2D eigenvalue weighted by molar-refractivity contribution is 5.77. The van der Waals surface area contributed by atoms with E-state index in [0.29, 0.717) is 22.9 Å². The Morgan fingerprint density at radius 3 is 2.74 bits per heavy atom. The number of rotatable bonds is 4. The molecule has 1 aromatic carbocycles. The number of fused-ring (bicyclic) bond motifs is 2. The van der Waals surface area contributed by atoms with E-state index >= 15 is 0 Å². The number of nitrogens with zero attached hydrogens (tertiary/aromatic N) is 6. The van der Waals surface area contributed by atoms with Crippen LogP contribution in [0.25, 0.3) is 17.0 Å². The number of hydrogen-bond donors (Lipinski definition) is 2. The van der Waals surface area contributed by atoms with E-state index in [1.54, 1.807) is 21.8 Å². The second kappa shape index (κ2) is 7.73. The molecular formula is C25H28N8O. The summed E-state index contributed by atoms with van der Waals surface area (Å²) in [5.41, 5.74) is 4.76. The third kappa shape index (κ3) is 3.66. The maximum atomic E-state index is 13.3. The van der Waals surface area contributed by atoms with E-state index in [9.17, 15) is 4.79 Å². The van der Waals surface area contributed by atoms with E-state index in [0.717, 1.165) is 43.7 Å². The van der Waals surface area contributed by atoms with E-state index in [2.05, 4.69) is 53.5 Å². The molecule has 0 radical (unpaired) electrons. The van der Waals surface area contributed by atoms with E-state index < -0.39 is 0 Å². The molecule has 0 saturated heterocycles. The molecule has 6 rings (SSSR count). The van der Waals surface area contributed by atoms with Crippen molar-refractivity contribution in [3.05, 3.63) is 63.8 Å². The molecule has 1 saturated carbocycles. The lowest BCUT2D eigenvalue weighted by Gasteiger charge is -2.19. The molecule has 4 heterocycles. The Balaban J connectivity index is 1.46. The Bertz CT molecular complexity index is 1460. The smallest absolute Gasteiger partial charge is 0.278 e. The highest BCUT2D eigenvalue weighted by atomic mass is 16.1. The molecule has 2 aliphatic rings. The van der Waals surface area contributed by atoms with Crippen molar-refractivity contribution < 1.29 is 0 Å². The summed E-state index contributed by atoms with van der Waals surface area (Å²) < 4.78 is 3.52. The SMILES string of the molecule is CC(C)(C)c1ccnc(-n2c3nc(Nc4ccc5c(c4)CCNC5)ncc3c(=O)n2C2CC2)n1. The summed E-state index contributed by atoms with van der Waals surface area (Å²) in [6.45, 7) is 8.21. The maximum Gasteiger partial charge on any atom is 0.278 e. The average Bonchev–Trinajstić information content (AvgIpc) is 3.62. The summed E-state index contributed by atoms with van der Waals surface area (Å²) >= 11 is 0. The van der Waals surface area contributed by atoms with Crippen molar-refractivity contribution in [1.82, 2.24) is 34.6 Å². The van der Waals surface area contributed by atoms with Crippen LogP contribution >= 0.6 is 0 Å². The third-order valence-electron chi connectivity index (χ3n) is 6.47. The normalized spacial score (nSPS) is 16.0. The minimum atomic E-state index is -0.144. The Morgan fingerprint density at radius 1 is 1.09 bits per heavy atom. The maximum absolute atomic E-state index is 13.3. The molecule has 0 amide bonds. The molecule has 0 bridgehead atoms. The molecule has 0 atom stereocenters. The molecule has 1 aliphatic heterocycles. The topological polar surface area (TPSA) is 103 Å². The number of aromatic nitrogens is 6. The molecule has 3 aromatic heterocycles. The van der Waals surface area contributed by atoms with Crippen molar-refractivity contribution in [2.24, 2.45) is 0 Å². The molecule has 0 spiro atoms. The van der Waals surface area contributed by atoms with E-state index in [4.69, 9.17) is 9.97 Å². The van der Waals surface area contributed by atoms with Crippen LogP contribution in [-0.2, 0) is 18.4 Å². The van der Waals surface area contributed by atoms with Crippen molar-refractivity contribution in [2.45, 2.75) is 58.0 Å². The first-order chi connectivity index (χ1) is 16.4. The Hall–Kier alpha value is -3.59. The molecule has 0 unspecified atom stereocenters. The lowest BCUT2D eigenvalue weighted by Crippen LogP contribution is -2.23. The van der Waals surface area contributed by atoms with Gasteiger partial charge in [0.1, 0.15) is 5.39 Å². The van der Waals surface area contributed by atoms with Gasteiger partial charge in [-0.15, -0.1) is 0 Å². The van der Waals surface area contributed by atoms with Gasteiger partial charge in [-0.3, -0.25) is 4.79 Å². The van der Waals surface area contributed by atoms with E-state index in [1.165, 1.54) is 11.1 Å². The van der Waals surface area contributed by atoms with Crippen LogP contribution in [0.15, 0.2) is 41.5 Å². The highest BCUT2D eigenvalue weighted by Gasteiger charge is 2.32. The van der Waals surface area contributed by atoms with Gasteiger partial charge in [0.25, 0.3) is 11.5 Å². The highest BCUT2D eigenvalue weighted by Crippen LogP contribution is 2.35. The molecule has 9 nitrogen and oxygen atoms in total. The van der Waals surface area contributed by atoms with E-state index in [1.807, 2.05) is 12.1 Å². The van der Waals surface area contributed by atoms with Crippen LogP contribution in [0.5, 0.6) is 0 Å². The van der Waals surface area contributed by atoms with Crippen LogP contribution in [0.2, 0.25) is 0 Å². The van der Waals surface area contributed by atoms with Crippen LogP contribution in [0.3, 0.4) is 0 Å². The van der Waals surface area contributed by atoms with Crippen molar-refractivity contribution in [3.63, 3.8) is 0 Å². The van der Waals surface area contributed by atoms with E-state index in [-0.39, 0.29) is 17.0 Å². The quantitative estimate of drug-likeness (QED) is 0.485. The summed E-state index contributed by atoms with van der Waals surface area (Å²) in [7, 11) is 0. The number of anilines is 2. The lowest BCUT2D eigenvalue weighted by molar-refractivity contribution is 0.528. The van der Waals surface area contributed by atoms with Gasteiger partial charge in [0.2, 0.25) is 5.95 Å². The Labute approximate surface area is 197 Å². The number of hydrogen-bond acceptors (Lipinski definition) is 7. The Morgan fingerprint density at radius 2 is 1.94 bits per heavy atom. The van der Waals surface area contributed by atoms with Crippen LogP contribution in [0, 0.1) is 0 Å². The first-order valence-corrected chi connectivity index (χ1v) is 11.8. The molecular weight excluding hydrogens is 428 g/mol.